The van der Waals surface area contributed by atoms with Gasteiger partial charge in [-0.25, -0.2) is 4.79 Å². The molecule has 0 bridgehead atoms. The minimum atomic E-state index is -0.255. The smallest absolute Gasteiger partial charge is 0.309 e. The summed E-state index contributed by atoms with van der Waals surface area (Å²) in [7, 11) is 0. The van der Waals surface area contributed by atoms with E-state index in [4.69, 9.17) is 0 Å². The standard InChI is InChI=1S/C7H6N2O2/c10-4-1-2-5-6(3-4)9-7(11)8-5/h1-2H,3H2,(H2,8,9,11). The molecule has 4 nitrogen and oxygen atoms in total. The van der Waals surface area contributed by atoms with Gasteiger partial charge < -0.3 is 9.97 Å². The van der Waals surface area contributed by atoms with Crippen LogP contribution in [0.25, 0.3) is 6.08 Å². The minimum absolute atomic E-state index is 0.0211. The van der Waals surface area contributed by atoms with E-state index in [2.05, 4.69) is 9.97 Å². The number of hydrogen-bond donors (Lipinski definition) is 2. The Morgan fingerprint density at radius 2 is 2.00 bits per heavy atom. The minimum Gasteiger partial charge on any atom is -0.309 e. The summed E-state index contributed by atoms with van der Waals surface area (Å²) < 4.78 is 0. The van der Waals surface area contributed by atoms with Gasteiger partial charge in [0.05, 0.1) is 17.8 Å². The highest BCUT2D eigenvalue weighted by Crippen LogP contribution is 2.09. The summed E-state index contributed by atoms with van der Waals surface area (Å²) in [5.41, 5.74) is 1.14. The van der Waals surface area contributed by atoms with Crippen LogP contribution in [0.2, 0.25) is 0 Å². The van der Waals surface area contributed by atoms with Crippen molar-refractivity contribution in [3.05, 3.63) is 27.9 Å². The van der Waals surface area contributed by atoms with Crippen LogP contribution in [-0.2, 0) is 11.2 Å². The van der Waals surface area contributed by atoms with Gasteiger partial charge in [0, 0.05) is 0 Å². The van der Waals surface area contributed by atoms with Crippen LogP contribution >= 0.6 is 0 Å². The van der Waals surface area contributed by atoms with Crippen LogP contribution in [0.15, 0.2) is 10.9 Å². The molecule has 0 radical (unpaired) electrons. The molecule has 56 valence electrons. The predicted octanol–water partition coefficient (Wildman–Crippen LogP) is -0.159. The highest BCUT2D eigenvalue weighted by Gasteiger charge is 2.12. The van der Waals surface area contributed by atoms with Gasteiger partial charge in [0.15, 0.2) is 5.78 Å². The monoisotopic (exact) mass is 150 g/mol. The largest absolute Gasteiger partial charge is 0.323 e. The molecule has 0 saturated heterocycles. The van der Waals surface area contributed by atoms with E-state index in [1.807, 2.05) is 0 Å². The zero-order valence-corrected chi connectivity index (χ0v) is 5.68. The second-order valence-electron chi connectivity index (χ2n) is 2.45. The van der Waals surface area contributed by atoms with Gasteiger partial charge in [-0.3, -0.25) is 4.79 Å². The molecule has 0 aliphatic heterocycles. The molecule has 0 amide bonds. The number of allylic oxidation sites excluding steroid dienone is 1. The Morgan fingerprint density at radius 1 is 1.18 bits per heavy atom. The molecule has 0 fully saturated rings. The molecule has 2 N–H and O–H groups in total. The van der Waals surface area contributed by atoms with E-state index in [0.717, 1.165) is 5.69 Å². The average molecular weight is 150 g/mol. The van der Waals surface area contributed by atoms with Gasteiger partial charge >= 0.3 is 5.69 Å². The first kappa shape index (κ1) is 6.15. The summed E-state index contributed by atoms with van der Waals surface area (Å²) in [5, 5.41) is 0. The number of rotatable bonds is 0. The van der Waals surface area contributed by atoms with Crippen molar-refractivity contribution in [1.29, 1.82) is 0 Å². The second kappa shape index (κ2) is 1.95. The molecule has 1 aromatic rings. The van der Waals surface area contributed by atoms with Crippen molar-refractivity contribution in [3.63, 3.8) is 0 Å². The maximum atomic E-state index is 10.8. The van der Waals surface area contributed by atoms with E-state index in [1.165, 1.54) is 6.08 Å². The number of fused-ring (bicyclic) bond motifs is 1. The van der Waals surface area contributed by atoms with Crippen molar-refractivity contribution in [2.45, 2.75) is 6.42 Å². The molecule has 0 atom stereocenters. The third-order valence-electron chi connectivity index (χ3n) is 1.62. The van der Waals surface area contributed by atoms with Crippen LogP contribution in [0.1, 0.15) is 11.4 Å². The molecule has 0 unspecified atom stereocenters. The number of hydrogen-bond acceptors (Lipinski definition) is 2. The number of carbonyl (C=O) groups is 1. The van der Waals surface area contributed by atoms with Crippen LogP contribution in [0.5, 0.6) is 0 Å². The molecule has 1 aromatic heterocycles. The maximum absolute atomic E-state index is 10.8. The molecular weight excluding hydrogens is 144 g/mol. The summed E-state index contributed by atoms with van der Waals surface area (Å²) in [6.45, 7) is 0. The highest BCUT2D eigenvalue weighted by molar-refractivity contribution is 5.97. The van der Waals surface area contributed by atoms with E-state index in [1.54, 1.807) is 6.08 Å². The summed E-state index contributed by atoms with van der Waals surface area (Å²) in [5.74, 6) is 0.0211. The summed E-state index contributed by atoms with van der Waals surface area (Å²) in [6, 6.07) is 0. The Bertz CT molecular complexity index is 383. The topological polar surface area (TPSA) is 65.7 Å². The Labute approximate surface area is 61.9 Å². The number of aromatic nitrogens is 2. The van der Waals surface area contributed by atoms with Crippen molar-refractivity contribution >= 4 is 11.9 Å². The van der Waals surface area contributed by atoms with Gasteiger partial charge in [-0.15, -0.1) is 0 Å². The maximum Gasteiger partial charge on any atom is 0.323 e. The SMILES string of the molecule is O=C1C=Cc2[nH]c(=O)[nH]c2C1. The molecule has 1 heterocycles. The molecule has 1 aliphatic rings. The van der Waals surface area contributed by atoms with Gasteiger partial charge in [-0.2, -0.15) is 0 Å². The predicted molar refractivity (Wildman–Crippen MR) is 39.2 cm³/mol. The van der Waals surface area contributed by atoms with Crippen LogP contribution in [0.3, 0.4) is 0 Å². The zero-order valence-electron chi connectivity index (χ0n) is 5.68. The van der Waals surface area contributed by atoms with E-state index in [0.29, 0.717) is 12.1 Å². The van der Waals surface area contributed by atoms with Gasteiger partial charge in [0.2, 0.25) is 0 Å². The van der Waals surface area contributed by atoms with Crippen molar-refractivity contribution in [1.82, 2.24) is 9.97 Å². The van der Waals surface area contributed by atoms with Crippen LogP contribution in [-0.4, -0.2) is 15.8 Å². The van der Waals surface area contributed by atoms with E-state index in [-0.39, 0.29) is 11.5 Å². The summed E-state index contributed by atoms with van der Waals surface area (Å²) >= 11 is 0. The normalized spacial score (nSPS) is 15.1. The fourth-order valence-electron chi connectivity index (χ4n) is 1.12. The molecule has 0 spiro atoms. The van der Waals surface area contributed by atoms with Gasteiger partial charge in [0.25, 0.3) is 0 Å². The summed E-state index contributed by atoms with van der Waals surface area (Å²) in [4.78, 5) is 26.6. The quantitative estimate of drug-likeness (QED) is 0.539. The molecular formula is C7H6N2O2. The molecule has 0 aromatic carbocycles. The first-order chi connectivity index (χ1) is 5.25. The zero-order chi connectivity index (χ0) is 7.84. The molecule has 0 saturated carbocycles. The molecule has 1 aliphatic carbocycles. The highest BCUT2D eigenvalue weighted by atomic mass is 16.1. The fourth-order valence-corrected chi connectivity index (χ4v) is 1.12. The third-order valence-corrected chi connectivity index (χ3v) is 1.62. The van der Waals surface area contributed by atoms with Crippen LogP contribution < -0.4 is 5.69 Å². The van der Waals surface area contributed by atoms with Gasteiger partial charge in [-0.05, 0) is 12.2 Å². The lowest BCUT2D eigenvalue weighted by molar-refractivity contribution is -0.114. The van der Waals surface area contributed by atoms with Gasteiger partial charge in [0.1, 0.15) is 0 Å². The van der Waals surface area contributed by atoms with E-state index in [9.17, 15) is 9.59 Å². The molecule has 4 heteroatoms. The van der Waals surface area contributed by atoms with E-state index < -0.39 is 0 Å². The number of ketones is 1. The van der Waals surface area contributed by atoms with E-state index >= 15 is 0 Å². The van der Waals surface area contributed by atoms with Crippen molar-refractivity contribution in [3.8, 4) is 0 Å². The first-order valence-corrected chi connectivity index (χ1v) is 3.28. The second-order valence-corrected chi connectivity index (χ2v) is 2.45. The lowest BCUT2D eigenvalue weighted by atomic mass is 10.1. The number of nitrogens with one attached hydrogen (secondary N) is 2. The summed E-state index contributed by atoms with van der Waals surface area (Å²) in [6.07, 6.45) is 3.37. The number of carbonyl (C=O) groups excluding carboxylic acids is 1. The number of imidazole rings is 1. The van der Waals surface area contributed by atoms with Gasteiger partial charge in [-0.1, -0.05) is 0 Å². The van der Waals surface area contributed by atoms with Crippen molar-refractivity contribution in [2.75, 3.05) is 0 Å². The lowest BCUT2D eigenvalue weighted by Gasteiger charge is -2.00. The van der Waals surface area contributed by atoms with Crippen LogP contribution in [0.4, 0.5) is 0 Å². The molecule has 11 heavy (non-hydrogen) atoms. The Kier molecular flexibility index (Phi) is 1.09. The number of H-pyrrole nitrogens is 2. The van der Waals surface area contributed by atoms with Crippen molar-refractivity contribution in [2.24, 2.45) is 0 Å². The Morgan fingerprint density at radius 3 is 2.82 bits per heavy atom. The average Bonchev–Trinajstić information content (AvgIpc) is 2.27. The third kappa shape index (κ3) is 0.920. The first-order valence-electron chi connectivity index (χ1n) is 3.28. The Balaban J connectivity index is 2.61. The van der Waals surface area contributed by atoms with Crippen molar-refractivity contribution < 1.29 is 4.79 Å². The Hall–Kier alpha value is -1.58. The number of aromatic amines is 2. The van der Waals surface area contributed by atoms with Crippen LogP contribution in [0, 0.1) is 0 Å². The molecule has 2 rings (SSSR count). The lowest BCUT2D eigenvalue weighted by Crippen LogP contribution is -2.05. The fraction of sp³-hybridized carbons (Fsp3) is 0.143.